The zero-order valence-corrected chi connectivity index (χ0v) is 12.3. The molecule has 5 nitrogen and oxygen atoms in total. The minimum absolute atomic E-state index is 0.0560. The van der Waals surface area contributed by atoms with E-state index in [2.05, 4.69) is 20.6 Å². The van der Waals surface area contributed by atoms with E-state index in [-0.39, 0.29) is 11.4 Å². The molecule has 0 unspecified atom stereocenters. The van der Waals surface area contributed by atoms with Gasteiger partial charge in [-0.3, -0.25) is 4.79 Å². The van der Waals surface area contributed by atoms with Crippen LogP contribution in [0.1, 0.15) is 26.0 Å². The number of thioether (sulfide) groups is 1. The van der Waals surface area contributed by atoms with E-state index >= 15 is 0 Å². The Kier molecular flexibility index (Phi) is 5.10. The van der Waals surface area contributed by atoms with Crippen molar-refractivity contribution >= 4 is 23.5 Å². The Morgan fingerprint density at radius 1 is 1.44 bits per heavy atom. The van der Waals surface area contributed by atoms with E-state index in [0.717, 1.165) is 5.69 Å². The van der Waals surface area contributed by atoms with E-state index in [1.54, 1.807) is 6.07 Å². The molecule has 0 aliphatic carbocycles. The Bertz CT molecular complexity index is 434. The molecule has 1 aromatic heterocycles. The van der Waals surface area contributed by atoms with Crippen LogP contribution in [0.15, 0.2) is 11.2 Å². The third-order valence-electron chi connectivity index (χ3n) is 2.56. The molecule has 0 atom stereocenters. The summed E-state index contributed by atoms with van der Waals surface area (Å²) >= 11 is 1.46. The maximum atomic E-state index is 11.9. The van der Waals surface area contributed by atoms with Gasteiger partial charge in [0.25, 0.3) is 0 Å². The maximum absolute atomic E-state index is 11.9. The summed E-state index contributed by atoms with van der Waals surface area (Å²) in [6.45, 7) is 5.84. The summed E-state index contributed by atoms with van der Waals surface area (Å²) in [6, 6.07) is 1.77. The Balaban J connectivity index is 2.73. The fourth-order valence-corrected chi connectivity index (χ4v) is 1.80. The van der Waals surface area contributed by atoms with Gasteiger partial charge in [0, 0.05) is 23.7 Å². The van der Waals surface area contributed by atoms with Gasteiger partial charge in [-0.05, 0) is 34.1 Å². The lowest BCUT2D eigenvalue weighted by Crippen LogP contribution is -2.39. The predicted molar refractivity (Wildman–Crippen MR) is 74.9 cm³/mol. The molecule has 0 fully saturated rings. The summed E-state index contributed by atoms with van der Waals surface area (Å²) in [5, 5.41) is 6.56. The van der Waals surface area contributed by atoms with Gasteiger partial charge in [0.15, 0.2) is 5.16 Å². The predicted octanol–water partition coefficient (Wildman–Crippen LogP) is 1.83. The van der Waals surface area contributed by atoms with Crippen molar-refractivity contribution in [3.8, 4) is 0 Å². The average Bonchev–Trinajstić information content (AvgIpc) is 2.27. The monoisotopic (exact) mass is 268 g/mol. The molecule has 0 bridgehead atoms. The SMILES string of the molecule is CNC(C)(C)CC(=O)Nc1cc(C)nc(SC)n1. The number of amides is 1. The number of hydrogen-bond acceptors (Lipinski definition) is 5. The van der Waals surface area contributed by atoms with Gasteiger partial charge in [-0.1, -0.05) is 11.8 Å². The van der Waals surface area contributed by atoms with Crippen molar-refractivity contribution in [3.63, 3.8) is 0 Å². The normalized spacial score (nSPS) is 11.4. The van der Waals surface area contributed by atoms with Crippen LogP contribution >= 0.6 is 11.8 Å². The molecule has 1 rings (SSSR count). The molecule has 18 heavy (non-hydrogen) atoms. The highest BCUT2D eigenvalue weighted by atomic mass is 32.2. The summed E-state index contributed by atoms with van der Waals surface area (Å²) in [5.74, 6) is 0.503. The first kappa shape index (κ1) is 14.9. The first-order valence-corrected chi connectivity index (χ1v) is 6.97. The van der Waals surface area contributed by atoms with Gasteiger partial charge in [0.1, 0.15) is 5.82 Å². The second-order valence-electron chi connectivity index (χ2n) is 4.74. The van der Waals surface area contributed by atoms with Crippen LogP contribution in [0.2, 0.25) is 0 Å². The van der Waals surface area contributed by atoms with Crippen molar-refractivity contribution in [1.29, 1.82) is 0 Å². The zero-order valence-electron chi connectivity index (χ0n) is 11.5. The topological polar surface area (TPSA) is 66.9 Å². The van der Waals surface area contributed by atoms with Crippen LogP contribution in [-0.2, 0) is 4.79 Å². The van der Waals surface area contributed by atoms with Crippen molar-refractivity contribution in [2.75, 3.05) is 18.6 Å². The molecular weight excluding hydrogens is 248 g/mol. The average molecular weight is 268 g/mol. The Hall–Kier alpha value is -1.14. The van der Waals surface area contributed by atoms with Gasteiger partial charge < -0.3 is 10.6 Å². The van der Waals surface area contributed by atoms with Crippen molar-refractivity contribution in [2.24, 2.45) is 0 Å². The van der Waals surface area contributed by atoms with Crippen molar-refractivity contribution in [2.45, 2.75) is 37.9 Å². The second kappa shape index (κ2) is 6.15. The lowest BCUT2D eigenvalue weighted by Gasteiger charge is -2.22. The fourth-order valence-electron chi connectivity index (χ4n) is 1.37. The Morgan fingerprint density at radius 2 is 2.11 bits per heavy atom. The highest BCUT2D eigenvalue weighted by molar-refractivity contribution is 7.98. The number of anilines is 1. The van der Waals surface area contributed by atoms with E-state index in [0.29, 0.717) is 17.4 Å². The van der Waals surface area contributed by atoms with Gasteiger partial charge in [-0.25, -0.2) is 9.97 Å². The van der Waals surface area contributed by atoms with Crippen LogP contribution in [0.3, 0.4) is 0 Å². The minimum Gasteiger partial charge on any atom is -0.314 e. The fraction of sp³-hybridized carbons (Fsp3) is 0.583. The molecule has 0 saturated carbocycles. The first-order chi connectivity index (χ1) is 8.36. The van der Waals surface area contributed by atoms with E-state index in [1.807, 2.05) is 34.1 Å². The molecule has 1 amide bonds. The van der Waals surface area contributed by atoms with Gasteiger partial charge in [0.05, 0.1) is 0 Å². The van der Waals surface area contributed by atoms with Gasteiger partial charge in [0.2, 0.25) is 5.91 Å². The standard InChI is InChI=1S/C12H20N4OS/c1-8-6-9(16-11(14-8)18-5)15-10(17)7-12(2,3)13-4/h6,13H,7H2,1-5H3,(H,14,15,16,17). The van der Waals surface area contributed by atoms with Gasteiger partial charge >= 0.3 is 0 Å². The summed E-state index contributed by atoms with van der Waals surface area (Å²) < 4.78 is 0. The summed E-state index contributed by atoms with van der Waals surface area (Å²) in [6.07, 6.45) is 2.30. The van der Waals surface area contributed by atoms with E-state index < -0.39 is 0 Å². The first-order valence-electron chi connectivity index (χ1n) is 5.75. The molecule has 100 valence electrons. The van der Waals surface area contributed by atoms with Gasteiger partial charge in [-0.15, -0.1) is 0 Å². The summed E-state index contributed by atoms with van der Waals surface area (Å²) in [4.78, 5) is 20.4. The van der Waals surface area contributed by atoms with E-state index in [1.165, 1.54) is 11.8 Å². The molecule has 0 aromatic carbocycles. The van der Waals surface area contributed by atoms with Crippen LogP contribution < -0.4 is 10.6 Å². The van der Waals surface area contributed by atoms with Crippen LogP contribution in [0.25, 0.3) is 0 Å². The quantitative estimate of drug-likeness (QED) is 0.630. The molecule has 1 aromatic rings. The third kappa shape index (κ3) is 4.62. The molecule has 2 N–H and O–H groups in total. The minimum atomic E-state index is -0.228. The number of hydrogen-bond donors (Lipinski definition) is 2. The highest BCUT2D eigenvalue weighted by Crippen LogP contribution is 2.15. The third-order valence-corrected chi connectivity index (χ3v) is 3.11. The molecule has 0 saturated heterocycles. The number of carbonyl (C=O) groups excluding carboxylic acids is 1. The Morgan fingerprint density at radius 3 is 2.67 bits per heavy atom. The molecular formula is C12H20N4OS. The molecule has 0 radical (unpaired) electrons. The van der Waals surface area contributed by atoms with Gasteiger partial charge in [-0.2, -0.15) is 0 Å². The molecule has 6 heteroatoms. The number of nitrogens with zero attached hydrogens (tertiary/aromatic N) is 2. The smallest absolute Gasteiger partial charge is 0.227 e. The number of rotatable bonds is 5. The highest BCUT2D eigenvalue weighted by Gasteiger charge is 2.19. The van der Waals surface area contributed by atoms with E-state index in [9.17, 15) is 4.79 Å². The van der Waals surface area contributed by atoms with Crippen molar-refractivity contribution in [1.82, 2.24) is 15.3 Å². The number of aromatic nitrogens is 2. The largest absolute Gasteiger partial charge is 0.314 e. The molecule has 0 aliphatic rings. The van der Waals surface area contributed by atoms with Crippen LogP contribution in [-0.4, -0.2) is 34.7 Å². The van der Waals surface area contributed by atoms with Crippen LogP contribution in [0.4, 0.5) is 5.82 Å². The zero-order chi connectivity index (χ0) is 13.8. The number of nitrogens with one attached hydrogen (secondary N) is 2. The van der Waals surface area contributed by atoms with Crippen molar-refractivity contribution < 1.29 is 4.79 Å². The van der Waals surface area contributed by atoms with Crippen LogP contribution in [0.5, 0.6) is 0 Å². The summed E-state index contributed by atoms with van der Waals surface area (Å²) in [7, 11) is 1.84. The maximum Gasteiger partial charge on any atom is 0.227 e. The number of aryl methyl sites for hydroxylation is 1. The molecule has 0 spiro atoms. The van der Waals surface area contributed by atoms with Crippen molar-refractivity contribution in [3.05, 3.63) is 11.8 Å². The van der Waals surface area contributed by atoms with E-state index in [4.69, 9.17) is 0 Å². The molecule has 0 aliphatic heterocycles. The Labute approximate surface area is 112 Å². The number of carbonyl (C=O) groups is 1. The molecule has 1 heterocycles. The lowest BCUT2D eigenvalue weighted by molar-refractivity contribution is -0.117. The lowest BCUT2D eigenvalue weighted by atomic mass is 10.0. The summed E-state index contributed by atoms with van der Waals surface area (Å²) in [5.41, 5.74) is 0.617. The second-order valence-corrected chi connectivity index (χ2v) is 5.51. The van der Waals surface area contributed by atoms with Crippen LogP contribution in [0, 0.1) is 6.92 Å².